The van der Waals surface area contributed by atoms with Crippen molar-refractivity contribution >= 4 is 344 Å². The fourth-order valence-corrected chi connectivity index (χ4v) is 1.76. The Balaban J connectivity index is -0.000000000322. The third-order valence-electron chi connectivity index (χ3n) is 1.23. The Bertz CT molecular complexity index is 78.6. The Labute approximate surface area is 379 Å². The molecule has 0 aromatic heterocycles. The molecule has 162 valence electrons. The molecule has 1 rings (SSSR count). The molecule has 1 aliphatic heterocycles. The first kappa shape index (κ1) is 1200. The van der Waals surface area contributed by atoms with Gasteiger partial charge < -0.3 is 4.74 Å². The minimum atomic E-state index is 0. The van der Waals surface area contributed by atoms with Gasteiger partial charge in [-0.25, -0.2) is 0 Å². The van der Waals surface area contributed by atoms with Crippen LogP contribution in [0.5, 0.6) is 0 Å². The molecule has 0 atom stereocenters. The third-order valence-corrected chi connectivity index (χ3v) is 3.13. The van der Waals surface area contributed by atoms with Crippen molar-refractivity contribution in [3.05, 3.63) is 0 Å². The molecule has 0 spiro atoms. The first-order valence-corrected chi connectivity index (χ1v) is 4.82. The number of ether oxygens (including phenoxy) is 1. The van der Waals surface area contributed by atoms with E-state index in [-0.39, 0.29) is 337 Å². The fraction of sp³-hybridized carbons (Fsp3) is 1.00. The number of hydrogen-bond donors (Lipinski definition) is 0. The van der Waals surface area contributed by atoms with Crippen LogP contribution < -0.4 is 0 Å². The van der Waals surface area contributed by atoms with Crippen LogP contribution in [0.1, 0.15) is 0 Å². The molecule has 0 amide bonds. The molecule has 47 heavy (non-hydrogen) atoms. The van der Waals surface area contributed by atoms with Crippen LogP contribution >= 0.6 is 7.92 Å². The minimum Gasteiger partial charge on any atom is -0.381 e. The Kier molecular flexibility index (Phi) is 23900. The van der Waals surface area contributed by atoms with Gasteiger partial charge in [0.25, 0.3) is 0 Å². The maximum absolute atomic E-state index is 5.16. The minimum absolute atomic E-state index is 0. The molecule has 42 heteroatoms. The van der Waals surface area contributed by atoms with Crippen molar-refractivity contribution < 1.29 is 4.74 Å². The molecular weight excluding hydrogens is 540 g/mol. The van der Waals surface area contributed by atoms with E-state index in [1.165, 1.54) is 12.3 Å². The molecule has 1 fully saturated rings. The SMILES string of the molecule is CP1CCOCC1.[B].[B].[B].[B].[B].[B].[B].[B].[B].[B].[B].[B].[B].[B].[B].[B].[B].[B].[B].[B].[B].[B].[B].[B].[B].[B].[B].[B].[B].[B].[B].[B].[B].[B].[B].[B].[B].[B].[B].[B]. The van der Waals surface area contributed by atoms with Crippen LogP contribution in [0.2, 0.25) is 0 Å². The van der Waals surface area contributed by atoms with Crippen LogP contribution in [-0.4, -0.2) is 369 Å². The van der Waals surface area contributed by atoms with Gasteiger partial charge in [0.15, 0.2) is 0 Å². The monoisotopic (exact) mass is 558 g/mol. The quantitative estimate of drug-likeness (QED) is 0.215. The first-order chi connectivity index (χ1) is 3.39. The van der Waals surface area contributed by atoms with E-state index in [0.717, 1.165) is 13.2 Å². The molecule has 0 bridgehead atoms. The molecule has 1 aliphatic rings. The number of hydrogen-bond acceptors (Lipinski definition) is 1. The zero-order valence-corrected chi connectivity index (χ0v) is 28.7. The van der Waals surface area contributed by atoms with Crippen molar-refractivity contribution in [3.63, 3.8) is 0 Å². The van der Waals surface area contributed by atoms with E-state index in [2.05, 4.69) is 6.66 Å². The summed E-state index contributed by atoms with van der Waals surface area (Å²) in [5, 5.41) is 0. The summed E-state index contributed by atoms with van der Waals surface area (Å²) in [6, 6.07) is 0. The molecule has 1 heterocycles. The predicted octanol–water partition coefficient (Wildman–Crippen LogP) is -14.1. The largest absolute Gasteiger partial charge is 0.381 e. The molecule has 0 saturated carbocycles. The molecule has 120 radical (unpaired) electrons. The van der Waals surface area contributed by atoms with Crippen molar-refractivity contribution in [2.75, 3.05) is 32.2 Å². The maximum Gasteiger partial charge on any atom is 0.0505 e. The summed E-state index contributed by atoms with van der Waals surface area (Å²) in [6.45, 7) is 4.38. The first-order valence-electron chi connectivity index (χ1n) is 2.66. The predicted molar refractivity (Wildman–Crippen MR) is 264 cm³/mol. The van der Waals surface area contributed by atoms with Crippen LogP contribution in [-0.2, 0) is 4.74 Å². The van der Waals surface area contributed by atoms with E-state index >= 15 is 0 Å². The average Bonchev–Trinajstić information content (AvgIpc) is 1.69. The van der Waals surface area contributed by atoms with Gasteiger partial charge in [-0.2, -0.15) is 0 Å². The highest BCUT2D eigenvalue weighted by molar-refractivity contribution is 7.56. The van der Waals surface area contributed by atoms with Crippen molar-refractivity contribution in [1.29, 1.82) is 0 Å². The summed E-state index contributed by atoms with van der Waals surface area (Å²) in [4.78, 5) is 0. The summed E-state index contributed by atoms with van der Waals surface area (Å²) in [6.07, 6.45) is 2.66. The second-order valence-corrected chi connectivity index (χ2v) is 4.52. The molecule has 0 aromatic carbocycles. The van der Waals surface area contributed by atoms with Crippen LogP contribution in [0.3, 0.4) is 0 Å². The van der Waals surface area contributed by atoms with Gasteiger partial charge in [0.1, 0.15) is 0 Å². The lowest BCUT2D eigenvalue weighted by Gasteiger charge is -2.17. The lowest BCUT2D eigenvalue weighted by molar-refractivity contribution is 0.158. The third kappa shape index (κ3) is 896. The normalized spacial score (nSPS) is 3.77. The smallest absolute Gasteiger partial charge is 0.0505 e. The zero-order valence-electron chi connectivity index (χ0n) is 27.8. The van der Waals surface area contributed by atoms with E-state index in [4.69, 9.17) is 4.74 Å². The average molecular weight is 551 g/mol. The molecular formula is C5H11B40OP. The topological polar surface area (TPSA) is 9.23 Å². The van der Waals surface area contributed by atoms with Gasteiger partial charge in [-0.15, -0.1) is 7.92 Å². The highest BCUT2D eigenvalue weighted by Crippen LogP contribution is 2.31. The Morgan fingerprint density at radius 2 is 0.298 bits per heavy atom. The molecule has 0 aromatic rings. The van der Waals surface area contributed by atoms with Crippen molar-refractivity contribution in [3.8, 4) is 0 Å². The van der Waals surface area contributed by atoms with E-state index in [1.807, 2.05) is 0 Å². The molecule has 0 aliphatic carbocycles. The van der Waals surface area contributed by atoms with Gasteiger partial charge in [-0.3, -0.25) is 0 Å². The molecule has 0 N–H and O–H groups in total. The Morgan fingerprint density at radius 1 is 0.213 bits per heavy atom. The van der Waals surface area contributed by atoms with Crippen molar-refractivity contribution in [1.82, 2.24) is 0 Å². The lowest BCUT2D eigenvalue weighted by atomic mass is 10.8. The van der Waals surface area contributed by atoms with E-state index < -0.39 is 0 Å². The summed E-state index contributed by atoms with van der Waals surface area (Å²) in [5.74, 6) is 0. The molecule has 1 saturated heterocycles. The van der Waals surface area contributed by atoms with Crippen LogP contribution in [0.15, 0.2) is 0 Å². The summed E-state index contributed by atoms with van der Waals surface area (Å²) in [5.41, 5.74) is 0. The van der Waals surface area contributed by atoms with Crippen LogP contribution in [0.4, 0.5) is 0 Å². The van der Waals surface area contributed by atoms with E-state index in [1.54, 1.807) is 0 Å². The van der Waals surface area contributed by atoms with Crippen LogP contribution in [0, 0.1) is 0 Å². The van der Waals surface area contributed by atoms with Crippen molar-refractivity contribution in [2.24, 2.45) is 0 Å². The second-order valence-electron chi connectivity index (χ2n) is 1.92. The Hall–Kier alpha value is 2.99. The highest BCUT2D eigenvalue weighted by atomic mass is 31.1. The summed E-state index contributed by atoms with van der Waals surface area (Å²) in [7, 11) is 0.383. The number of rotatable bonds is 0. The van der Waals surface area contributed by atoms with Gasteiger partial charge in [-0.1, -0.05) is 0 Å². The zero-order chi connectivity index (χ0) is 5.11. The van der Waals surface area contributed by atoms with Crippen LogP contribution in [0.25, 0.3) is 0 Å². The fourth-order valence-electron chi connectivity index (χ4n) is 0.655. The van der Waals surface area contributed by atoms with Gasteiger partial charge in [0, 0.05) is 337 Å². The lowest BCUT2D eigenvalue weighted by Crippen LogP contribution is -2.11. The second kappa shape index (κ2) is 934. The van der Waals surface area contributed by atoms with Crippen molar-refractivity contribution in [2.45, 2.75) is 0 Å². The van der Waals surface area contributed by atoms with Gasteiger partial charge in [0.05, 0.1) is 13.2 Å². The summed E-state index contributed by atoms with van der Waals surface area (Å²) < 4.78 is 5.16. The van der Waals surface area contributed by atoms with Gasteiger partial charge >= 0.3 is 0 Å². The molecule has 0 unspecified atom stereocenters. The standard InChI is InChI=1S/C5H11OP.40B/c1-7-4-2-6-3-5-7;;;;;;;;;;;;;;;;;;;;;;;;;;;;;;;;;;;;;;;;/h2-5H2,1H3;;;;;;;;;;;;;;;;;;;;;;;;;;;;;;;;;;;;;;;;. The summed E-state index contributed by atoms with van der Waals surface area (Å²) >= 11 is 0. The highest BCUT2D eigenvalue weighted by Gasteiger charge is 2.05. The van der Waals surface area contributed by atoms with E-state index in [0.29, 0.717) is 7.92 Å². The van der Waals surface area contributed by atoms with Gasteiger partial charge in [-0.05, 0) is 19.0 Å². The maximum atomic E-state index is 5.16. The Morgan fingerprint density at radius 3 is 0.340 bits per heavy atom. The van der Waals surface area contributed by atoms with E-state index in [9.17, 15) is 0 Å². The van der Waals surface area contributed by atoms with Gasteiger partial charge in [0.2, 0.25) is 0 Å². The molecule has 1 nitrogen and oxygen atoms in total.